The van der Waals surface area contributed by atoms with Crippen molar-refractivity contribution in [2.75, 3.05) is 0 Å². The molecule has 5 heteroatoms. The van der Waals surface area contributed by atoms with E-state index >= 15 is 0 Å². The molecule has 0 aliphatic heterocycles. The summed E-state index contributed by atoms with van der Waals surface area (Å²) in [6.07, 6.45) is 5.39. The third kappa shape index (κ3) is 2.61. The quantitative estimate of drug-likeness (QED) is 0.622. The van der Waals surface area contributed by atoms with Crippen molar-refractivity contribution in [1.82, 2.24) is 0 Å². The average molecular weight is 267 g/mol. The standard InChI is InChI=1S/C13H17NO3S/c1-13(9-3-2-4-10-13)18(17)12-7-5-11(6-8-12)14(15)16/h5-8H,2-4,9-10H2,1H3. The van der Waals surface area contributed by atoms with Crippen molar-refractivity contribution in [3.05, 3.63) is 34.4 Å². The number of hydrogen-bond donors (Lipinski definition) is 0. The molecule has 0 N–H and O–H groups in total. The lowest BCUT2D eigenvalue weighted by Gasteiger charge is -2.32. The molecule has 0 aromatic heterocycles. The summed E-state index contributed by atoms with van der Waals surface area (Å²) >= 11 is 0. The van der Waals surface area contributed by atoms with Crippen molar-refractivity contribution in [3.63, 3.8) is 0 Å². The molecule has 0 heterocycles. The molecule has 1 aromatic rings. The number of nitrogens with zero attached hydrogens (tertiary/aromatic N) is 1. The number of nitro groups is 1. The number of non-ortho nitro benzene ring substituents is 1. The first-order chi connectivity index (χ1) is 8.53. The van der Waals surface area contributed by atoms with Crippen LogP contribution in [0.2, 0.25) is 0 Å². The van der Waals surface area contributed by atoms with Gasteiger partial charge in [0, 0.05) is 21.8 Å². The minimum Gasteiger partial charge on any atom is -0.258 e. The van der Waals surface area contributed by atoms with Gasteiger partial charge in [-0.1, -0.05) is 19.3 Å². The second-order valence-corrected chi connectivity index (χ2v) is 7.02. The van der Waals surface area contributed by atoms with Gasteiger partial charge in [-0.15, -0.1) is 0 Å². The first-order valence-corrected chi connectivity index (χ1v) is 7.34. The largest absolute Gasteiger partial charge is 0.269 e. The van der Waals surface area contributed by atoms with Gasteiger partial charge in [0.1, 0.15) is 0 Å². The summed E-state index contributed by atoms with van der Waals surface area (Å²) in [4.78, 5) is 10.8. The molecule has 1 aliphatic carbocycles. The van der Waals surface area contributed by atoms with Crippen molar-refractivity contribution in [2.24, 2.45) is 0 Å². The van der Waals surface area contributed by atoms with E-state index in [1.165, 1.54) is 18.6 Å². The lowest BCUT2D eigenvalue weighted by Crippen LogP contribution is -2.33. The summed E-state index contributed by atoms with van der Waals surface area (Å²) in [6.45, 7) is 2.06. The average Bonchev–Trinajstić information content (AvgIpc) is 2.39. The summed E-state index contributed by atoms with van der Waals surface area (Å²) in [5, 5.41) is 10.6. The molecule has 1 fully saturated rings. The van der Waals surface area contributed by atoms with Crippen LogP contribution in [0.3, 0.4) is 0 Å². The predicted octanol–water partition coefficient (Wildman–Crippen LogP) is 3.43. The van der Waals surface area contributed by atoms with Gasteiger partial charge in [0.05, 0.1) is 15.7 Å². The lowest BCUT2D eigenvalue weighted by atomic mass is 9.90. The van der Waals surface area contributed by atoms with Crippen LogP contribution in [-0.2, 0) is 10.8 Å². The smallest absolute Gasteiger partial charge is 0.258 e. The van der Waals surface area contributed by atoms with Gasteiger partial charge in [-0.25, -0.2) is 0 Å². The maximum Gasteiger partial charge on any atom is 0.269 e. The zero-order valence-corrected chi connectivity index (χ0v) is 11.2. The van der Waals surface area contributed by atoms with E-state index in [4.69, 9.17) is 0 Å². The van der Waals surface area contributed by atoms with Gasteiger partial charge < -0.3 is 0 Å². The monoisotopic (exact) mass is 267 g/mol. The highest BCUT2D eigenvalue weighted by molar-refractivity contribution is 7.86. The Labute approximate surface area is 109 Å². The normalized spacial score (nSPS) is 20.3. The summed E-state index contributed by atoms with van der Waals surface area (Å²) in [7, 11) is -1.08. The zero-order chi connectivity index (χ0) is 13.2. The number of benzene rings is 1. The van der Waals surface area contributed by atoms with Gasteiger partial charge >= 0.3 is 0 Å². The third-order valence-corrected chi connectivity index (χ3v) is 5.62. The molecule has 18 heavy (non-hydrogen) atoms. The fraction of sp³-hybridized carbons (Fsp3) is 0.538. The summed E-state index contributed by atoms with van der Waals surface area (Å²) < 4.78 is 12.4. The van der Waals surface area contributed by atoms with Crippen molar-refractivity contribution >= 4 is 16.5 Å². The molecule has 0 spiro atoms. The van der Waals surface area contributed by atoms with E-state index < -0.39 is 15.7 Å². The van der Waals surface area contributed by atoms with E-state index in [-0.39, 0.29) is 10.4 Å². The van der Waals surface area contributed by atoms with E-state index in [1.807, 2.05) is 0 Å². The van der Waals surface area contributed by atoms with Crippen LogP contribution in [0.5, 0.6) is 0 Å². The fourth-order valence-electron chi connectivity index (χ4n) is 2.46. The molecule has 0 radical (unpaired) electrons. The van der Waals surface area contributed by atoms with Crippen molar-refractivity contribution in [1.29, 1.82) is 0 Å². The topological polar surface area (TPSA) is 60.2 Å². The van der Waals surface area contributed by atoms with E-state index in [2.05, 4.69) is 6.92 Å². The van der Waals surface area contributed by atoms with Crippen LogP contribution in [0.4, 0.5) is 5.69 Å². The van der Waals surface area contributed by atoms with Gasteiger partial charge in [0.2, 0.25) is 0 Å². The summed E-state index contributed by atoms with van der Waals surface area (Å²) in [5.41, 5.74) is 0.0459. The Balaban J connectivity index is 2.20. The SMILES string of the molecule is CC1(S(=O)c2ccc([N+](=O)[O-])cc2)CCCCC1. The molecule has 2 rings (SSSR count). The van der Waals surface area contributed by atoms with Crippen molar-refractivity contribution < 1.29 is 9.13 Å². The molecule has 1 aliphatic rings. The van der Waals surface area contributed by atoms with E-state index in [0.29, 0.717) is 4.90 Å². The second kappa shape index (κ2) is 5.18. The highest BCUT2D eigenvalue weighted by Gasteiger charge is 2.34. The van der Waals surface area contributed by atoms with Gasteiger partial charge in [-0.3, -0.25) is 14.3 Å². The van der Waals surface area contributed by atoms with Gasteiger partial charge in [-0.2, -0.15) is 0 Å². The Bertz CT molecular complexity index is 464. The molecular weight excluding hydrogens is 250 g/mol. The fourth-order valence-corrected chi connectivity index (χ4v) is 4.07. The molecule has 0 bridgehead atoms. The molecule has 0 saturated heterocycles. The van der Waals surface area contributed by atoms with Gasteiger partial charge in [0.25, 0.3) is 5.69 Å². The molecule has 1 saturated carbocycles. The Morgan fingerprint density at radius 1 is 1.17 bits per heavy atom. The van der Waals surface area contributed by atoms with Crippen LogP contribution in [-0.4, -0.2) is 13.9 Å². The molecule has 1 atom stereocenters. The second-order valence-electron chi connectivity index (χ2n) is 5.03. The van der Waals surface area contributed by atoms with Crippen LogP contribution >= 0.6 is 0 Å². The predicted molar refractivity (Wildman–Crippen MR) is 71.0 cm³/mol. The molecule has 0 amide bonds. The number of rotatable bonds is 3. The first kappa shape index (κ1) is 13.2. The third-order valence-electron chi connectivity index (χ3n) is 3.62. The maximum absolute atomic E-state index is 12.5. The van der Waals surface area contributed by atoms with E-state index in [0.717, 1.165) is 25.7 Å². The van der Waals surface area contributed by atoms with E-state index in [9.17, 15) is 14.3 Å². The van der Waals surface area contributed by atoms with Crippen LogP contribution in [0.25, 0.3) is 0 Å². The van der Waals surface area contributed by atoms with Gasteiger partial charge in [-0.05, 0) is 31.9 Å². The van der Waals surface area contributed by atoms with Crippen LogP contribution in [0.15, 0.2) is 29.2 Å². The minimum atomic E-state index is -1.08. The Morgan fingerprint density at radius 2 is 1.72 bits per heavy atom. The molecule has 4 nitrogen and oxygen atoms in total. The van der Waals surface area contributed by atoms with Crippen LogP contribution < -0.4 is 0 Å². The molecule has 98 valence electrons. The number of nitro benzene ring substituents is 1. The Kier molecular flexibility index (Phi) is 3.80. The first-order valence-electron chi connectivity index (χ1n) is 6.19. The number of hydrogen-bond acceptors (Lipinski definition) is 3. The Hall–Kier alpha value is -1.23. The molecule has 1 aromatic carbocycles. The van der Waals surface area contributed by atoms with Crippen molar-refractivity contribution in [3.8, 4) is 0 Å². The Morgan fingerprint density at radius 3 is 2.22 bits per heavy atom. The highest BCUT2D eigenvalue weighted by atomic mass is 32.2. The van der Waals surface area contributed by atoms with Crippen LogP contribution in [0.1, 0.15) is 39.0 Å². The molecular formula is C13H17NO3S. The van der Waals surface area contributed by atoms with Crippen LogP contribution in [0, 0.1) is 10.1 Å². The van der Waals surface area contributed by atoms with E-state index in [1.54, 1.807) is 12.1 Å². The maximum atomic E-state index is 12.5. The van der Waals surface area contributed by atoms with Gasteiger partial charge in [0.15, 0.2) is 0 Å². The molecule has 1 unspecified atom stereocenters. The highest BCUT2D eigenvalue weighted by Crippen LogP contribution is 2.36. The summed E-state index contributed by atoms with van der Waals surface area (Å²) in [6, 6.07) is 6.10. The zero-order valence-electron chi connectivity index (χ0n) is 10.4. The van der Waals surface area contributed by atoms with Crippen molar-refractivity contribution in [2.45, 2.75) is 48.7 Å². The lowest BCUT2D eigenvalue weighted by molar-refractivity contribution is -0.384. The summed E-state index contributed by atoms with van der Waals surface area (Å²) in [5.74, 6) is 0. The minimum absolute atomic E-state index is 0.0459.